The van der Waals surface area contributed by atoms with Crippen LogP contribution in [-0.4, -0.2) is 22.0 Å². The Balaban J connectivity index is 1.40. The summed E-state index contributed by atoms with van der Waals surface area (Å²) in [7, 11) is 0. The van der Waals surface area contributed by atoms with E-state index in [9.17, 15) is 9.59 Å². The fourth-order valence-corrected chi connectivity index (χ4v) is 3.19. The highest BCUT2D eigenvalue weighted by Crippen LogP contribution is 2.26. The number of furan rings is 1. The lowest BCUT2D eigenvalue weighted by atomic mass is 10.2. The van der Waals surface area contributed by atoms with Crippen LogP contribution in [-0.2, 0) is 0 Å². The van der Waals surface area contributed by atoms with Crippen molar-refractivity contribution in [1.82, 2.24) is 10.2 Å². The van der Waals surface area contributed by atoms with Crippen LogP contribution in [0.4, 0.5) is 10.8 Å². The summed E-state index contributed by atoms with van der Waals surface area (Å²) in [5.74, 6) is -0.448. The highest BCUT2D eigenvalue weighted by atomic mass is 32.1. The van der Waals surface area contributed by atoms with E-state index >= 15 is 0 Å². The number of rotatable bonds is 5. The van der Waals surface area contributed by atoms with Crippen molar-refractivity contribution in [2.75, 3.05) is 10.6 Å². The van der Waals surface area contributed by atoms with Crippen LogP contribution in [0.2, 0.25) is 0 Å². The minimum atomic E-state index is -0.357. The molecule has 4 rings (SSSR count). The fourth-order valence-electron chi connectivity index (χ4n) is 2.45. The van der Waals surface area contributed by atoms with E-state index in [4.69, 9.17) is 4.42 Å². The van der Waals surface area contributed by atoms with Gasteiger partial charge < -0.3 is 9.73 Å². The third-order valence-corrected chi connectivity index (χ3v) is 4.70. The first-order valence-corrected chi connectivity index (χ1v) is 9.16. The van der Waals surface area contributed by atoms with Gasteiger partial charge in [0.15, 0.2) is 5.76 Å². The van der Waals surface area contributed by atoms with Gasteiger partial charge in [0.1, 0.15) is 5.01 Å². The second-order valence-corrected chi connectivity index (χ2v) is 6.72. The summed E-state index contributed by atoms with van der Waals surface area (Å²) >= 11 is 1.30. The molecular weight excluding hydrogens is 376 g/mol. The number of amides is 2. The molecule has 0 fully saturated rings. The molecule has 0 spiro atoms. The monoisotopic (exact) mass is 390 g/mol. The standard InChI is InChI=1S/C20H14N4O3S/c25-17(22-20-24-23-19(28-20)14-5-2-1-3-6-14)13-8-10-15(11-9-13)21-18(26)16-7-4-12-27-16/h1-12H,(H,21,26)(H,22,24,25). The van der Waals surface area contributed by atoms with Gasteiger partial charge in [-0.1, -0.05) is 41.7 Å². The number of carbonyl (C=O) groups is 2. The summed E-state index contributed by atoms with van der Waals surface area (Å²) in [6.07, 6.45) is 1.43. The summed E-state index contributed by atoms with van der Waals surface area (Å²) in [4.78, 5) is 24.4. The molecule has 0 aliphatic heterocycles. The molecule has 28 heavy (non-hydrogen) atoms. The van der Waals surface area contributed by atoms with E-state index in [1.165, 1.54) is 17.6 Å². The van der Waals surface area contributed by atoms with Crippen LogP contribution in [0.5, 0.6) is 0 Å². The first-order valence-electron chi connectivity index (χ1n) is 8.34. The lowest BCUT2D eigenvalue weighted by Crippen LogP contribution is -2.13. The van der Waals surface area contributed by atoms with Gasteiger partial charge in [-0.05, 0) is 36.4 Å². The zero-order chi connectivity index (χ0) is 19.3. The summed E-state index contributed by atoms with van der Waals surface area (Å²) in [5.41, 5.74) is 1.94. The second kappa shape index (κ2) is 7.85. The number of benzene rings is 2. The molecule has 2 amide bonds. The Morgan fingerprint density at radius 1 is 0.821 bits per heavy atom. The molecule has 0 unspecified atom stereocenters. The Hall–Kier alpha value is -3.78. The van der Waals surface area contributed by atoms with E-state index in [1.54, 1.807) is 36.4 Å². The predicted molar refractivity (Wildman–Crippen MR) is 106 cm³/mol. The molecule has 0 saturated carbocycles. The number of nitrogens with one attached hydrogen (secondary N) is 2. The van der Waals surface area contributed by atoms with Gasteiger partial charge in [-0.3, -0.25) is 14.9 Å². The Kier molecular flexibility index (Phi) is 4.94. The predicted octanol–water partition coefficient (Wildman–Crippen LogP) is 4.30. The molecular formula is C20H14N4O3S. The molecule has 8 heteroatoms. The van der Waals surface area contributed by atoms with Crippen molar-refractivity contribution in [1.29, 1.82) is 0 Å². The average molecular weight is 390 g/mol. The smallest absolute Gasteiger partial charge is 0.291 e. The minimum absolute atomic E-state index is 0.215. The zero-order valence-corrected chi connectivity index (χ0v) is 15.3. The molecule has 2 aromatic carbocycles. The van der Waals surface area contributed by atoms with Crippen molar-refractivity contribution in [2.45, 2.75) is 0 Å². The van der Waals surface area contributed by atoms with Gasteiger partial charge >= 0.3 is 0 Å². The van der Waals surface area contributed by atoms with Crippen molar-refractivity contribution in [2.24, 2.45) is 0 Å². The molecule has 2 aromatic heterocycles. The lowest BCUT2D eigenvalue weighted by molar-refractivity contribution is 0.0995. The fraction of sp³-hybridized carbons (Fsp3) is 0. The molecule has 0 bridgehead atoms. The van der Waals surface area contributed by atoms with E-state index in [-0.39, 0.29) is 17.6 Å². The van der Waals surface area contributed by atoms with Gasteiger partial charge in [-0.2, -0.15) is 0 Å². The van der Waals surface area contributed by atoms with E-state index in [1.807, 2.05) is 30.3 Å². The van der Waals surface area contributed by atoms with Crippen molar-refractivity contribution in [3.63, 3.8) is 0 Å². The van der Waals surface area contributed by atoms with Gasteiger partial charge in [0, 0.05) is 16.8 Å². The lowest BCUT2D eigenvalue weighted by Gasteiger charge is -2.05. The Morgan fingerprint density at radius 2 is 1.61 bits per heavy atom. The number of anilines is 2. The van der Waals surface area contributed by atoms with Gasteiger partial charge in [-0.15, -0.1) is 10.2 Å². The van der Waals surface area contributed by atoms with Crippen LogP contribution < -0.4 is 10.6 Å². The molecule has 0 aliphatic rings. The van der Waals surface area contributed by atoms with Crippen LogP contribution in [0.3, 0.4) is 0 Å². The number of hydrogen-bond donors (Lipinski definition) is 2. The van der Waals surface area contributed by atoms with Crippen molar-refractivity contribution in [3.05, 3.63) is 84.3 Å². The van der Waals surface area contributed by atoms with E-state index in [2.05, 4.69) is 20.8 Å². The third-order valence-electron chi connectivity index (χ3n) is 3.82. The molecule has 138 valence electrons. The Morgan fingerprint density at radius 3 is 2.32 bits per heavy atom. The van der Waals surface area contributed by atoms with Gasteiger partial charge in [-0.25, -0.2) is 0 Å². The number of nitrogens with zero attached hydrogens (tertiary/aromatic N) is 2. The maximum atomic E-state index is 12.4. The van der Waals surface area contributed by atoms with Crippen LogP contribution in [0.1, 0.15) is 20.9 Å². The molecule has 7 nitrogen and oxygen atoms in total. The summed E-state index contributed by atoms with van der Waals surface area (Å²) in [6, 6.07) is 19.4. The average Bonchev–Trinajstić information content (AvgIpc) is 3.41. The largest absolute Gasteiger partial charge is 0.459 e. The van der Waals surface area contributed by atoms with Crippen LogP contribution in [0, 0.1) is 0 Å². The molecule has 2 N–H and O–H groups in total. The quantitative estimate of drug-likeness (QED) is 0.529. The summed E-state index contributed by atoms with van der Waals surface area (Å²) in [6.45, 7) is 0. The molecule has 0 saturated heterocycles. The van der Waals surface area contributed by atoms with Gasteiger partial charge in [0.2, 0.25) is 5.13 Å². The van der Waals surface area contributed by atoms with Crippen molar-refractivity contribution < 1.29 is 14.0 Å². The van der Waals surface area contributed by atoms with Crippen molar-refractivity contribution >= 4 is 34.0 Å². The summed E-state index contributed by atoms with van der Waals surface area (Å²) < 4.78 is 5.04. The Bertz CT molecular complexity index is 1090. The Labute approximate surface area is 164 Å². The van der Waals surface area contributed by atoms with E-state index in [0.717, 1.165) is 10.6 Å². The van der Waals surface area contributed by atoms with Crippen LogP contribution in [0.25, 0.3) is 10.6 Å². The molecule has 0 radical (unpaired) electrons. The number of carbonyl (C=O) groups excluding carboxylic acids is 2. The highest BCUT2D eigenvalue weighted by molar-refractivity contribution is 7.18. The zero-order valence-electron chi connectivity index (χ0n) is 14.5. The van der Waals surface area contributed by atoms with E-state index < -0.39 is 0 Å². The van der Waals surface area contributed by atoms with Gasteiger partial charge in [0.05, 0.1) is 6.26 Å². The maximum absolute atomic E-state index is 12.4. The topological polar surface area (TPSA) is 97.1 Å². The van der Waals surface area contributed by atoms with Crippen LogP contribution in [0.15, 0.2) is 77.4 Å². The normalized spacial score (nSPS) is 10.4. The first-order chi connectivity index (χ1) is 13.7. The van der Waals surface area contributed by atoms with Crippen molar-refractivity contribution in [3.8, 4) is 10.6 Å². The number of hydrogen-bond acceptors (Lipinski definition) is 6. The van der Waals surface area contributed by atoms with E-state index in [0.29, 0.717) is 16.4 Å². The van der Waals surface area contributed by atoms with Crippen LogP contribution >= 0.6 is 11.3 Å². The molecule has 0 aliphatic carbocycles. The second-order valence-electron chi connectivity index (χ2n) is 5.74. The third kappa shape index (κ3) is 3.97. The highest BCUT2D eigenvalue weighted by Gasteiger charge is 2.12. The minimum Gasteiger partial charge on any atom is -0.459 e. The molecule has 4 aromatic rings. The van der Waals surface area contributed by atoms with Gasteiger partial charge in [0.25, 0.3) is 11.8 Å². The SMILES string of the molecule is O=C(Nc1nnc(-c2ccccc2)s1)c1ccc(NC(=O)c2ccco2)cc1. The molecule has 0 atom stereocenters. The maximum Gasteiger partial charge on any atom is 0.291 e. The first kappa shape index (κ1) is 17.6. The molecule has 2 heterocycles. The number of aromatic nitrogens is 2. The summed E-state index contributed by atoms with van der Waals surface area (Å²) in [5, 5.41) is 14.7.